The van der Waals surface area contributed by atoms with Gasteiger partial charge in [-0.25, -0.2) is 4.98 Å². The highest BCUT2D eigenvalue weighted by atomic mass is 16.1. The van der Waals surface area contributed by atoms with Gasteiger partial charge in [-0.2, -0.15) is 0 Å². The first-order valence-electron chi connectivity index (χ1n) is 9.03. The number of imidazole rings is 1. The molecule has 1 N–H and O–H groups in total. The van der Waals surface area contributed by atoms with Crippen molar-refractivity contribution in [2.45, 2.75) is 12.5 Å². The number of carbonyl (C=O) groups excluding carboxylic acids is 1. The van der Waals surface area contributed by atoms with Gasteiger partial charge in [0.2, 0.25) is 0 Å². The predicted molar refractivity (Wildman–Crippen MR) is 108 cm³/mol. The van der Waals surface area contributed by atoms with E-state index in [9.17, 15) is 4.79 Å². The summed E-state index contributed by atoms with van der Waals surface area (Å²) in [5.74, 6) is 0.863. The lowest BCUT2D eigenvalue weighted by Crippen LogP contribution is -2.30. The monoisotopic (exact) mass is 355 g/mol. The number of rotatable bonds is 5. The molecule has 1 amide bonds. The molecule has 27 heavy (non-hydrogen) atoms. The summed E-state index contributed by atoms with van der Waals surface area (Å²) in [6.07, 6.45) is 0.619. The van der Waals surface area contributed by atoms with Gasteiger partial charge in [0.1, 0.15) is 5.82 Å². The Hall–Kier alpha value is -3.40. The van der Waals surface area contributed by atoms with E-state index in [0.29, 0.717) is 12.0 Å². The van der Waals surface area contributed by atoms with Crippen LogP contribution in [0.4, 0.5) is 0 Å². The fraction of sp³-hybridized carbons (Fsp3) is 0.130. The van der Waals surface area contributed by atoms with E-state index in [1.54, 1.807) is 0 Å². The second-order valence-corrected chi connectivity index (χ2v) is 6.58. The molecule has 4 heteroatoms. The SMILES string of the molecule is Cn1c(CC(NC(=O)c2ccccc2)c2ccccc2)nc2ccccc21. The number of aryl methyl sites for hydroxylation is 1. The van der Waals surface area contributed by atoms with Crippen molar-refractivity contribution in [2.75, 3.05) is 0 Å². The van der Waals surface area contributed by atoms with Crippen LogP contribution in [0.2, 0.25) is 0 Å². The third kappa shape index (κ3) is 3.60. The summed E-state index contributed by atoms with van der Waals surface area (Å²) < 4.78 is 2.10. The highest BCUT2D eigenvalue weighted by Crippen LogP contribution is 2.22. The van der Waals surface area contributed by atoms with Gasteiger partial charge in [0.15, 0.2) is 0 Å². The standard InChI is InChI=1S/C23H21N3O/c1-26-21-15-9-8-14-19(21)24-22(26)16-20(17-10-4-2-5-11-17)25-23(27)18-12-6-3-7-13-18/h2-15,20H,16H2,1H3,(H,25,27). The van der Waals surface area contributed by atoms with Gasteiger partial charge in [0.05, 0.1) is 17.1 Å². The Morgan fingerprint density at radius 1 is 0.926 bits per heavy atom. The molecule has 1 atom stereocenters. The lowest BCUT2D eigenvalue weighted by atomic mass is 10.0. The summed E-state index contributed by atoms with van der Waals surface area (Å²) in [6, 6.07) is 27.3. The maximum atomic E-state index is 12.7. The summed E-state index contributed by atoms with van der Waals surface area (Å²) in [5, 5.41) is 3.18. The molecule has 0 aliphatic carbocycles. The van der Waals surface area contributed by atoms with Crippen molar-refractivity contribution >= 4 is 16.9 Å². The van der Waals surface area contributed by atoms with Crippen LogP contribution in [0.5, 0.6) is 0 Å². The predicted octanol–water partition coefficient (Wildman–Crippen LogP) is 4.29. The lowest BCUT2D eigenvalue weighted by molar-refractivity contribution is 0.0936. The van der Waals surface area contributed by atoms with E-state index in [0.717, 1.165) is 22.4 Å². The van der Waals surface area contributed by atoms with Crippen molar-refractivity contribution in [2.24, 2.45) is 7.05 Å². The molecule has 0 aliphatic heterocycles. The minimum atomic E-state index is -0.158. The molecule has 0 spiro atoms. The molecule has 4 rings (SSSR count). The van der Waals surface area contributed by atoms with Gasteiger partial charge in [-0.3, -0.25) is 4.79 Å². The van der Waals surface area contributed by atoms with Crippen molar-refractivity contribution in [3.63, 3.8) is 0 Å². The zero-order chi connectivity index (χ0) is 18.6. The van der Waals surface area contributed by atoms with Crippen LogP contribution in [-0.4, -0.2) is 15.5 Å². The van der Waals surface area contributed by atoms with E-state index in [2.05, 4.69) is 16.0 Å². The van der Waals surface area contributed by atoms with Crippen LogP contribution in [0.3, 0.4) is 0 Å². The van der Waals surface area contributed by atoms with E-state index < -0.39 is 0 Å². The third-order valence-electron chi connectivity index (χ3n) is 4.81. The van der Waals surface area contributed by atoms with Gasteiger partial charge in [0, 0.05) is 19.0 Å². The number of fused-ring (bicyclic) bond motifs is 1. The van der Waals surface area contributed by atoms with Crippen LogP contribution in [0.15, 0.2) is 84.9 Å². The van der Waals surface area contributed by atoms with Crippen LogP contribution in [-0.2, 0) is 13.5 Å². The molecular formula is C23H21N3O. The fourth-order valence-electron chi connectivity index (χ4n) is 3.33. The Kier molecular flexibility index (Phi) is 4.71. The number of amides is 1. The van der Waals surface area contributed by atoms with Crippen LogP contribution < -0.4 is 5.32 Å². The van der Waals surface area contributed by atoms with Crippen molar-refractivity contribution < 1.29 is 4.79 Å². The van der Waals surface area contributed by atoms with Gasteiger partial charge in [-0.15, -0.1) is 0 Å². The Morgan fingerprint density at radius 3 is 2.26 bits per heavy atom. The Bertz CT molecular complexity index is 1050. The van der Waals surface area contributed by atoms with E-state index in [-0.39, 0.29) is 11.9 Å². The van der Waals surface area contributed by atoms with Crippen molar-refractivity contribution in [3.8, 4) is 0 Å². The van der Waals surface area contributed by atoms with Gasteiger partial charge >= 0.3 is 0 Å². The second-order valence-electron chi connectivity index (χ2n) is 6.58. The van der Waals surface area contributed by atoms with Gasteiger partial charge in [-0.05, 0) is 29.8 Å². The van der Waals surface area contributed by atoms with E-state index in [1.165, 1.54) is 0 Å². The molecular weight excluding hydrogens is 334 g/mol. The zero-order valence-corrected chi connectivity index (χ0v) is 15.2. The third-order valence-corrected chi connectivity index (χ3v) is 4.81. The average molecular weight is 355 g/mol. The molecule has 1 unspecified atom stereocenters. The molecule has 0 aliphatic rings. The molecule has 0 bridgehead atoms. The lowest BCUT2D eigenvalue weighted by Gasteiger charge is -2.19. The minimum absolute atomic E-state index is 0.0804. The van der Waals surface area contributed by atoms with Crippen LogP contribution in [0, 0.1) is 0 Å². The number of nitrogens with one attached hydrogen (secondary N) is 1. The molecule has 0 fully saturated rings. The first-order valence-corrected chi connectivity index (χ1v) is 9.03. The molecule has 1 aromatic heterocycles. The fourth-order valence-corrected chi connectivity index (χ4v) is 3.33. The zero-order valence-electron chi connectivity index (χ0n) is 15.2. The number of hydrogen-bond donors (Lipinski definition) is 1. The number of benzene rings is 3. The highest BCUT2D eigenvalue weighted by molar-refractivity contribution is 5.94. The van der Waals surface area contributed by atoms with Crippen molar-refractivity contribution in [1.29, 1.82) is 0 Å². The number of nitrogens with zero attached hydrogens (tertiary/aromatic N) is 2. The maximum Gasteiger partial charge on any atom is 0.251 e. The molecule has 134 valence electrons. The Balaban J connectivity index is 1.66. The smallest absolute Gasteiger partial charge is 0.251 e. The van der Waals surface area contributed by atoms with Crippen LogP contribution >= 0.6 is 0 Å². The van der Waals surface area contributed by atoms with Crippen molar-refractivity contribution in [3.05, 3.63) is 102 Å². The molecule has 0 saturated heterocycles. The number of carbonyl (C=O) groups is 1. The van der Waals surface area contributed by atoms with E-state index in [4.69, 9.17) is 4.98 Å². The average Bonchev–Trinajstić information content (AvgIpc) is 3.04. The minimum Gasteiger partial charge on any atom is -0.345 e. The van der Waals surface area contributed by atoms with Gasteiger partial charge in [0.25, 0.3) is 5.91 Å². The largest absolute Gasteiger partial charge is 0.345 e. The molecule has 1 heterocycles. The van der Waals surface area contributed by atoms with Crippen LogP contribution in [0.1, 0.15) is 27.8 Å². The van der Waals surface area contributed by atoms with E-state index >= 15 is 0 Å². The first-order chi connectivity index (χ1) is 13.2. The first kappa shape index (κ1) is 17.0. The van der Waals surface area contributed by atoms with Crippen LogP contribution in [0.25, 0.3) is 11.0 Å². The van der Waals surface area contributed by atoms with E-state index in [1.807, 2.05) is 85.9 Å². The normalized spacial score (nSPS) is 12.0. The summed E-state index contributed by atoms with van der Waals surface area (Å²) in [7, 11) is 2.02. The molecule has 0 radical (unpaired) electrons. The summed E-state index contributed by atoms with van der Waals surface area (Å²) >= 11 is 0. The molecule has 4 aromatic rings. The number of aromatic nitrogens is 2. The topological polar surface area (TPSA) is 46.9 Å². The van der Waals surface area contributed by atoms with Crippen molar-refractivity contribution in [1.82, 2.24) is 14.9 Å². The maximum absolute atomic E-state index is 12.7. The molecule has 0 saturated carbocycles. The summed E-state index contributed by atoms with van der Waals surface area (Å²) in [4.78, 5) is 17.5. The quantitative estimate of drug-likeness (QED) is 0.581. The Labute approximate surface area is 158 Å². The second kappa shape index (κ2) is 7.46. The molecule has 4 nitrogen and oxygen atoms in total. The molecule has 3 aromatic carbocycles. The summed E-state index contributed by atoms with van der Waals surface area (Å²) in [6.45, 7) is 0. The summed E-state index contributed by atoms with van der Waals surface area (Å²) in [5.41, 5.74) is 3.78. The van der Waals surface area contributed by atoms with Gasteiger partial charge in [-0.1, -0.05) is 60.7 Å². The Morgan fingerprint density at radius 2 is 1.56 bits per heavy atom. The number of hydrogen-bond acceptors (Lipinski definition) is 2. The number of para-hydroxylation sites is 2. The highest BCUT2D eigenvalue weighted by Gasteiger charge is 2.19. The van der Waals surface area contributed by atoms with Gasteiger partial charge < -0.3 is 9.88 Å².